The van der Waals surface area contributed by atoms with E-state index >= 15 is 0 Å². The predicted octanol–water partition coefficient (Wildman–Crippen LogP) is 3.10. The van der Waals surface area contributed by atoms with E-state index in [0.29, 0.717) is 11.7 Å². The first-order valence-corrected chi connectivity index (χ1v) is 8.10. The van der Waals surface area contributed by atoms with Gasteiger partial charge in [0, 0.05) is 12.2 Å². The Hall–Kier alpha value is -1.33. The largest absolute Gasteiger partial charge is 0.494 e. The van der Waals surface area contributed by atoms with Gasteiger partial charge in [-0.25, -0.2) is 0 Å². The van der Waals surface area contributed by atoms with Crippen LogP contribution in [0.25, 0.3) is 0 Å². The van der Waals surface area contributed by atoms with Crippen molar-refractivity contribution in [3.05, 3.63) is 24.3 Å². The van der Waals surface area contributed by atoms with Gasteiger partial charge < -0.3 is 20.3 Å². The molecule has 0 fully saturated rings. The lowest BCUT2D eigenvalue weighted by atomic mass is 10.3. The highest BCUT2D eigenvalue weighted by Gasteiger charge is 2.00. The van der Waals surface area contributed by atoms with Crippen LogP contribution in [0.1, 0.15) is 27.2 Å². The third kappa shape index (κ3) is 7.29. The predicted molar refractivity (Wildman–Crippen MR) is 94.2 cm³/mol. The highest BCUT2D eigenvalue weighted by molar-refractivity contribution is 7.80. The molecule has 1 rings (SSSR count). The van der Waals surface area contributed by atoms with Gasteiger partial charge in [0.15, 0.2) is 5.11 Å². The van der Waals surface area contributed by atoms with Crippen LogP contribution in [-0.4, -0.2) is 42.8 Å². The molecule has 2 N–H and O–H groups in total. The zero-order valence-electron chi connectivity index (χ0n) is 13.3. The van der Waals surface area contributed by atoms with Crippen molar-refractivity contribution in [2.24, 2.45) is 0 Å². The topological polar surface area (TPSA) is 36.5 Å². The van der Waals surface area contributed by atoms with E-state index in [-0.39, 0.29) is 0 Å². The quantitative estimate of drug-likeness (QED) is 0.541. The minimum atomic E-state index is 0.665. The van der Waals surface area contributed by atoms with E-state index in [2.05, 4.69) is 29.4 Å². The van der Waals surface area contributed by atoms with Crippen LogP contribution >= 0.6 is 12.2 Å². The van der Waals surface area contributed by atoms with Crippen LogP contribution < -0.4 is 15.4 Å². The zero-order valence-corrected chi connectivity index (χ0v) is 14.1. The van der Waals surface area contributed by atoms with Gasteiger partial charge in [-0.15, -0.1) is 0 Å². The third-order valence-electron chi connectivity index (χ3n) is 3.25. The Labute approximate surface area is 133 Å². The number of thiocarbonyl (C=S) groups is 1. The molecular formula is C16H27N3OS. The monoisotopic (exact) mass is 309 g/mol. The Balaban J connectivity index is 2.24. The molecule has 0 radical (unpaired) electrons. The summed E-state index contributed by atoms with van der Waals surface area (Å²) >= 11 is 5.29. The Bertz CT molecular complexity index is 404. The summed E-state index contributed by atoms with van der Waals surface area (Å²) in [6, 6.07) is 7.81. The fourth-order valence-corrected chi connectivity index (χ4v) is 2.24. The summed E-state index contributed by atoms with van der Waals surface area (Å²) in [5, 5.41) is 7.08. The van der Waals surface area contributed by atoms with Crippen molar-refractivity contribution in [1.29, 1.82) is 0 Å². The van der Waals surface area contributed by atoms with E-state index in [0.717, 1.165) is 44.0 Å². The average molecular weight is 309 g/mol. The average Bonchev–Trinajstić information content (AvgIpc) is 2.50. The maximum absolute atomic E-state index is 5.41. The summed E-state index contributed by atoms with van der Waals surface area (Å²) in [6.45, 7) is 11.2. The van der Waals surface area contributed by atoms with Crippen molar-refractivity contribution in [2.75, 3.05) is 38.1 Å². The van der Waals surface area contributed by atoms with Crippen LogP contribution in [0.5, 0.6) is 5.75 Å². The highest BCUT2D eigenvalue weighted by Crippen LogP contribution is 2.15. The van der Waals surface area contributed by atoms with Crippen LogP contribution in [-0.2, 0) is 0 Å². The minimum absolute atomic E-state index is 0.665. The number of ether oxygens (including phenoxy) is 1. The van der Waals surface area contributed by atoms with Crippen molar-refractivity contribution < 1.29 is 4.74 Å². The van der Waals surface area contributed by atoms with Gasteiger partial charge in [-0.2, -0.15) is 0 Å². The van der Waals surface area contributed by atoms with Gasteiger partial charge in [-0.1, -0.05) is 13.8 Å². The molecule has 0 atom stereocenters. The van der Waals surface area contributed by atoms with E-state index < -0.39 is 0 Å². The van der Waals surface area contributed by atoms with E-state index in [1.54, 1.807) is 0 Å². The summed E-state index contributed by atoms with van der Waals surface area (Å²) in [4.78, 5) is 2.41. The molecule has 0 aliphatic carbocycles. The molecule has 0 aromatic heterocycles. The molecule has 1 aromatic rings. The lowest BCUT2D eigenvalue weighted by Gasteiger charge is -2.18. The lowest BCUT2D eigenvalue weighted by molar-refractivity contribution is 0.300. The number of benzene rings is 1. The normalized spacial score (nSPS) is 10.5. The van der Waals surface area contributed by atoms with Crippen LogP contribution in [0.2, 0.25) is 0 Å². The molecule has 21 heavy (non-hydrogen) atoms. The number of hydrogen-bond donors (Lipinski definition) is 2. The molecule has 4 nitrogen and oxygen atoms in total. The molecule has 118 valence electrons. The molecule has 0 heterocycles. The number of nitrogens with one attached hydrogen (secondary N) is 2. The second-order valence-corrected chi connectivity index (χ2v) is 5.13. The van der Waals surface area contributed by atoms with E-state index in [1.165, 1.54) is 0 Å². The van der Waals surface area contributed by atoms with Crippen LogP contribution in [0.15, 0.2) is 24.3 Å². The van der Waals surface area contributed by atoms with Gasteiger partial charge >= 0.3 is 0 Å². The summed E-state index contributed by atoms with van der Waals surface area (Å²) < 4.78 is 5.41. The fraction of sp³-hybridized carbons (Fsp3) is 0.562. The molecule has 0 saturated heterocycles. The van der Waals surface area contributed by atoms with Gasteiger partial charge in [0.05, 0.1) is 6.61 Å². The van der Waals surface area contributed by atoms with Crippen molar-refractivity contribution in [1.82, 2.24) is 10.2 Å². The maximum Gasteiger partial charge on any atom is 0.170 e. The molecule has 0 bridgehead atoms. The van der Waals surface area contributed by atoms with Gasteiger partial charge in [0.25, 0.3) is 0 Å². The van der Waals surface area contributed by atoms with Crippen LogP contribution in [0.4, 0.5) is 5.69 Å². The van der Waals surface area contributed by atoms with Gasteiger partial charge in [-0.05, 0) is 69.5 Å². The maximum atomic E-state index is 5.41. The van der Waals surface area contributed by atoms with Gasteiger partial charge in [0.2, 0.25) is 0 Å². The lowest BCUT2D eigenvalue weighted by Crippen LogP contribution is -2.32. The first-order chi connectivity index (χ1) is 10.2. The van der Waals surface area contributed by atoms with Crippen molar-refractivity contribution >= 4 is 23.0 Å². The first-order valence-electron chi connectivity index (χ1n) is 7.69. The van der Waals surface area contributed by atoms with E-state index in [9.17, 15) is 0 Å². The molecule has 0 aliphatic rings. The van der Waals surface area contributed by atoms with Crippen LogP contribution in [0, 0.1) is 0 Å². The Kier molecular flexibility index (Phi) is 8.78. The number of anilines is 1. The molecule has 0 saturated carbocycles. The fourth-order valence-electron chi connectivity index (χ4n) is 2.02. The van der Waals surface area contributed by atoms with Crippen molar-refractivity contribution in [3.8, 4) is 5.75 Å². The Morgan fingerprint density at radius 3 is 2.38 bits per heavy atom. The smallest absolute Gasteiger partial charge is 0.170 e. The summed E-state index contributed by atoms with van der Waals surface area (Å²) in [6.07, 6.45) is 1.09. The molecule has 0 amide bonds. The van der Waals surface area contributed by atoms with Crippen molar-refractivity contribution in [3.63, 3.8) is 0 Å². The molecule has 0 spiro atoms. The highest BCUT2D eigenvalue weighted by atomic mass is 32.1. The molecular weight excluding hydrogens is 282 g/mol. The molecule has 0 unspecified atom stereocenters. The zero-order chi connectivity index (χ0) is 15.5. The van der Waals surface area contributed by atoms with Gasteiger partial charge in [0.1, 0.15) is 5.75 Å². The number of nitrogens with zero attached hydrogens (tertiary/aromatic N) is 1. The third-order valence-corrected chi connectivity index (χ3v) is 3.50. The molecule has 5 heteroatoms. The molecule has 1 aromatic carbocycles. The van der Waals surface area contributed by atoms with Crippen LogP contribution in [0.3, 0.4) is 0 Å². The van der Waals surface area contributed by atoms with Crippen molar-refractivity contribution in [2.45, 2.75) is 27.2 Å². The van der Waals surface area contributed by atoms with E-state index in [1.807, 2.05) is 31.2 Å². The molecule has 0 aliphatic heterocycles. The summed E-state index contributed by atoms with van der Waals surface area (Å²) in [5.41, 5.74) is 0.972. The first kappa shape index (κ1) is 17.7. The van der Waals surface area contributed by atoms with Gasteiger partial charge in [-0.3, -0.25) is 0 Å². The number of rotatable bonds is 9. The Morgan fingerprint density at radius 2 is 1.81 bits per heavy atom. The summed E-state index contributed by atoms with van der Waals surface area (Å²) in [5.74, 6) is 0.876. The SMILES string of the molecule is CCOc1ccc(NC(=S)NCCCN(CC)CC)cc1. The minimum Gasteiger partial charge on any atom is -0.494 e. The standard InChI is InChI=1S/C16H27N3OS/c1-4-19(5-2)13-7-12-17-16(21)18-14-8-10-15(11-9-14)20-6-3/h8-11H,4-7,12-13H2,1-3H3,(H2,17,18,21). The Morgan fingerprint density at radius 1 is 1.14 bits per heavy atom. The second kappa shape index (κ2) is 10.4. The number of hydrogen-bond acceptors (Lipinski definition) is 3. The summed E-state index contributed by atoms with van der Waals surface area (Å²) in [7, 11) is 0. The second-order valence-electron chi connectivity index (χ2n) is 4.72. The van der Waals surface area contributed by atoms with E-state index in [4.69, 9.17) is 17.0 Å².